The Morgan fingerprint density at radius 2 is 1.69 bits per heavy atom. The van der Waals surface area contributed by atoms with Gasteiger partial charge in [-0.3, -0.25) is 9.59 Å². The van der Waals surface area contributed by atoms with Crippen molar-refractivity contribution in [2.75, 3.05) is 13.1 Å². The number of benzene rings is 2. The molecule has 1 heterocycles. The van der Waals surface area contributed by atoms with Gasteiger partial charge in [-0.05, 0) is 36.5 Å². The van der Waals surface area contributed by atoms with Gasteiger partial charge in [0.15, 0.2) is 0 Å². The molecule has 0 aromatic heterocycles. The summed E-state index contributed by atoms with van der Waals surface area (Å²) in [6, 6.07) is 19.9. The van der Waals surface area contributed by atoms with E-state index < -0.39 is 0 Å². The zero-order valence-electron chi connectivity index (χ0n) is 15.0. The van der Waals surface area contributed by atoms with Gasteiger partial charge in [0.2, 0.25) is 5.91 Å². The van der Waals surface area contributed by atoms with Crippen molar-refractivity contribution in [3.05, 3.63) is 77.9 Å². The first-order valence-electron chi connectivity index (χ1n) is 9.31. The third-order valence-electron chi connectivity index (χ3n) is 4.91. The van der Waals surface area contributed by atoms with Crippen LogP contribution in [-0.2, 0) is 16.0 Å². The van der Waals surface area contributed by atoms with E-state index in [4.69, 9.17) is 0 Å². The van der Waals surface area contributed by atoms with Crippen LogP contribution in [0.1, 0.15) is 30.4 Å². The Morgan fingerprint density at radius 1 is 1.00 bits per heavy atom. The summed E-state index contributed by atoms with van der Waals surface area (Å²) in [6.07, 6.45) is 6.57. The van der Waals surface area contributed by atoms with Crippen molar-refractivity contribution in [2.24, 2.45) is 5.92 Å². The number of rotatable bonds is 6. The van der Waals surface area contributed by atoms with Crippen molar-refractivity contribution in [1.29, 1.82) is 0 Å². The molecule has 2 aromatic carbocycles. The van der Waals surface area contributed by atoms with Gasteiger partial charge >= 0.3 is 0 Å². The summed E-state index contributed by atoms with van der Waals surface area (Å²) >= 11 is 0. The number of aryl methyl sites for hydroxylation is 1. The third kappa shape index (κ3) is 5.16. The molecule has 3 heteroatoms. The molecule has 0 N–H and O–H groups in total. The van der Waals surface area contributed by atoms with Crippen LogP contribution in [0.5, 0.6) is 0 Å². The summed E-state index contributed by atoms with van der Waals surface area (Å²) in [7, 11) is 0. The van der Waals surface area contributed by atoms with E-state index in [0.717, 1.165) is 31.4 Å². The molecule has 3 nitrogen and oxygen atoms in total. The molecule has 1 unspecified atom stereocenters. The van der Waals surface area contributed by atoms with Crippen LogP contribution >= 0.6 is 0 Å². The molecular formula is C23H25NO2. The van der Waals surface area contributed by atoms with E-state index in [1.165, 1.54) is 5.56 Å². The Labute approximate surface area is 155 Å². The highest BCUT2D eigenvalue weighted by atomic mass is 16.2. The van der Waals surface area contributed by atoms with Gasteiger partial charge in [-0.1, -0.05) is 60.7 Å². The summed E-state index contributed by atoms with van der Waals surface area (Å²) in [5, 5.41) is 0. The number of piperidine rings is 1. The minimum Gasteiger partial charge on any atom is -0.338 e. The van der Waals surface area contributed by atoms with Crippen molar-refractivity contribution < 1.29 is 9.59 Å². The Bertz CT molecular complexity index is 752. The second kappa shape index (κ2) is 9.14. The highest BCUT2D eigenvalue weighted by Gasteiger charge is 2.27. The second-order valence-electron chi connectivity index (χ2n) is 6.82. The van der Waals surface area contributed by atoms with Gasteiger partial charge in [-0.15, -0.1) is 0 Å². The lowest BCUT2D eigenvalue weighted by atomic mass is 9.90. The first kappa shape index (κ1) is 18.1. The van der Waals surface area contributed by atoms with E-state index in [1.54, 1.807) is 6.08 Å². The van der Waals surface area contributed by atoms with Crippen LogP contribution < -0.4 is 0 Å². The molecule has 1 saturated heterocycles. The molecule has 0 bridgehead atoms. The van der Waals surface area contributed by atoms with E-state index in [2.05, 4.69) is 12.1 Å². The van der Waals surface area contributed by atoms with Gasteiger partial charge in [-0.2, -0.15) is 0 Å². The monoisotopic (exact) mass is 347 g/mol. The number of ketones is 1. The lowest BCUT2D eigenvalue weighted by Crippen LogP contribution is -2.41. The molecule has 134 valence electrons. The normalized spacial score (nSPS) is 17.4. The van der Waals surface area contributed by atoms with Crippen LogP contribution in [-0.4, -0.2) is 29.7 Å². The van der Waals surface area contributed by atoms with Gasteiger partial charge in [0.1, 0.15) is 5.78 Å². The van der Waals surface area contributed by atoms with E-state index in [1.807, 2.05) is 59.5 Å². The quantitative estimate of drug-likeness (QED) is 0.737. The molecule has 3 rings (SSSR count). The van der Waals surface area contributed by atoms with Gasteiger partial charge in [-0.25, -0.2) is 0 Å². The molecule has 1 atom stereocenters. The molecule has 0 aliphatic carbocycles. The molecule has 26 heavy (non-hydrogen) atoms. The fraction of sp³-hybridized carbons (Fsp3) is 0.304. The highest BCUT2D eigenvalue weighted by Crippen LogP contribution is 2.20. The van der Waals surface area contributed by atoms with Crippen LogP contribution in [0, 0.1) is 5.92 Å². The molecule has 1 fully saturated rings. The van der Waals surface area contributed by atoms with Gasteiger partial charge in [0.05, 0.1) is 0 Å². The summed E-state index contributed by atoms with van der Waals surface area (Å²) in [4.78, 5) is 26.8. The van der Waals surface area contributed by atoms with E-state index in [0.29, 0.717) is 13.0 Å². The number of likely N-dealkylation sites (tertiary alicyclic amines) is 1. The van der Waals surface area contributed by atoms with Crippen molar-refractivity contribution in [2.45, 2.75) is 25.7 Å². The minimum absolute atomic E-state index is 0.00517. The molecule has 1 aliphatic rings. The van der Waals surface area contributed by atoms with Crippen molar-refractivity contribution >= 4 is 17.8 Å². The van der Waals surface area contributed by atoms with E-state index in [-0.39, 0.29) is 17.6 Å². The molecule has 1 amide bonds. The van der Waals surface area contributed by atoms with Crippen LogP contribution in [0.25, 0.3) is 6.08 Å². The number of Topliss-reactive ketones (excluding diaryl/α,β-unsaturated/α-hetero) is 1. The predicted octanol–water partition coefficient (Wildman–Crippen LogP) is 4.14. The van der Waals surface area contributed by atoms with Crippen LogP contribution in [0.4, 0.5) is 0 Å². The number of nitrogens with zero attached hydrogens (tertiary/aromatic N) is 1. The van der Waals surface area contributed by atoms with Crippen molar-refractivity contribution in [3.63, 3.8) is 0 Å². The van der Waals surface area contributed by atoms with E-state index >= 15 is 0 Å². The number of carbonyl (C=O) groups is 2. The third-order valence-corrected chi connectivity index (χ3v) is 4.91. The Balaban J connectivity index is 1.52. The Hall–Kier alpha value is -2.68. The zero-order chi connectivity index (χ0) is 18.2. The highest BCUT2D eigenvalue weighted by molar-refractivity contribution is 5.92. The molecule has 0 radical (unpaired) electrons. The first-order chi connectivity index (χ1) is 12.7. The maximum atomic E-state index is 12.6. The summed E-state index contributed by atoms with van der Waals surface area (Å²) in [5.74, 6) is 0.245. The largest absolute Gasteiger partial charge is 0.338 e. The van der Waals surface area contributed by atoms with Gasteiger partial charge in [0, 0.05) is 31.5 Å². The van der Waals surface area contributed by atoms with Crippen molar-refractivity contribution in [1.82, 2.24) is 4.90 Å². The molecule has 0 spiro atoms. The fourth-order valence-electron chi connectivity index (χ4n) is 3.39. The number of amides is 1. The molecule has 2 aromatic rings. The fourth-order valence-corrected chi connectivity index (χ4v) is 3.39. The average Bonchev–Trinajstić information content (AvgIpc) is 2.72. The maximum absolute atomic E-state index is 12.6. The van der Waals surface area contributed by atoms with Gasteiger partial charge < -0.3 is 4.90 Å². The molecule has 0 saturated carbocycles. The van der Waals surface area contributed by atoms with Crippen LogP contribution in [0.3, 0.4) is 0 Å². The summed E-state index contributed by atoms with van der Waals surface area (Å²) < 4.78 is 0. The topological polar surface area (TPSA) is 37.4 Å². The second-order valence-corrected chi connectivity index (χ2v) is 6.82. The lowest BCUT2D eigenvalue weighted by molar-refractivity contribution is -0.131. The minimum atomic E-state index is -0.0264. The number of hydrogen-bond acceptors (Lipinski definition) is 2. The summed E-state index contributed by atoms with van der Waals surface area (Å²) in [5.41, 5.74) is 2.20. The zero-order valence-corrected chi connectivity index (χ0v) is 15.0. The smallest absolute Gasteiger partial charge is 0.246 e. The van der Waals surface area contributed by atoms with Crippen molar-refractivity contribution in [3.8, 4) is 0 Å². The summed E-state index contributed by atoms with van der Waals surface area (Å²) in [6.45, 7) is 1.28. The standard InChI is InChI=1S/C23H25NO2/c25-22(15-13-19-8-3-1-4-9-19)21-12-7-17-24(18-21)23(26)16-14-20-10-5-2-6-11-20/h1-6,8-11,14,16,21H,7,12-13,15,17-18H2. The SMILES string of the molecule is O=C(CCc1ccccc1)C1CCCN(C(=O)C=Cc2ccccc2)C1. The van der Waals surface area contributed by atoms with E-state index in [9.17, 15) is 9.59 Å². The Kier molecular flexibility index (Phi) is 6.37. The maximum Gasteiger partial charge on any atom is 0.246 e. The average molecular weight is 347 g/mol. The molecular weight excluding hydrogens is 322 g/mol. The van der Waals surface area contributed by atoms with Gasteiger partial charge in [0.25, 0.3) is 0 Å². The predicted molar refractivity (Wildman–Crippen MR) is 105 cm³/mol. The van der Waals surface area contributed by atoms with Crippen LogP contribution in [0.2, 0.25) is 0 Å². The van der Waals surface area contributed by atoms with Crippen LogP contribution in [0.15, 0.2) is 66.7 Å². The molecule has 1 aliphatic heterocycles. The first-order valence-corrected chi connectivity index (χ1v) is 9.31. The number of carbonyl (C=O) groups excluding carboxylic acids is 2. The Morgan fingerprint density at radius 3 is 2.42 bits per heavy atom. The lowest BCUT2D eigenvalue weighted by Gasteiger charge is -2.31. The number of hydrogen-bond donors (Lipinski definition) is 0.